The molecular weight excluding hydrogens is 299 g/mol. The highest BCUT2D eigenvalue weighted by molar-refractivity contribution is 6.31. The highest BCUT2D eigenvalue weighted by Gasteiger charge is 2.20. The molecule has 5 heteroatoms. The van der Waals surface area contributed by atoms with Gasteiger partial charge in [-0.05, 0) is 48.9 Å². The zero-order chi connectivity index (χ0) is 15.4. The first-order valence-electron chi connectivity index (χ1n) is 6.64. The van der Waals surface area contributed by atoms with Gasteiger partial charge >= 0.3 is 0 Å². The summed E-state index contributed by atoms with van der Waals surface area (Å²) in [6.45, 7) is 2.40. The van der Waals surface area contributed by atoms with Crippen molar-refractivity contribution in [3.63, 3.8) is 0 Å². The maximum absolute atomic E-state index is 14.0. The second-order valence-electron chi connectivity index (χ2n) is 4.69. The average molecular weight is 314 g/mol. The van der Waals surface area contributed by atoms with Crippen molar-refractivity contribution in [2.45, 2.75) is 19.4 Å². The summed E-state index contributed by atoms with van der Waals surface area (Å²) in [6, 6.07) is 7.09. The third-order valence-corrected chi connectivity index (χ3v) is 3.56. The Morgan fingerprint density at radius 3 is 2.52 bits per heavy atom. The Labute approximate surface area is 126 Å². The van der Waals surface area contributed by atoms with Crippen LogP contribution in [-0.4, -0.2) is 6.54 Å². The fourth-order valence-corrected chi connectivity index (χ4v) is 2.58. The van der Waals surface area contributed by atoms with Crippen LogP contribution < -0.4 is 5.32 Å². The summed E-state index contributed by atoms with van der Waals surface area (Å²) in [5.74, 6) is -1.52. The molecule has 0 aromatic heterocycles. The maximum Gasteiger partial charge on any atom is 0.129 e. The topological polar surface area (TPSA) is 12.0 Å². The van der Waals surface area contributed by atoms with Crippen LogP contribution in [-0.2, 0) is 6.42 Å². The lowest BCUT2D eigenvalue weighted by Gasteiger charge is -2.20. The minimum atomic E-state index is -0.528. The fraction of sp³-hybridized carbons (Fsp3) is 0.250. The van der Waals surface area contributed by atoms with Crippen molar-refractivity contribution in [1.29, 1.82) is 0 Å². The number of likely N-dealkylation sites (N-methyl/N-ethyl adjacent to an activating group) is 1. The van der Waals surface area contributed by atoms with Crippen molar-refractivity contribution in [2.24, 2.45) is 0 Å². The van der Waals surface area contributed by atoms with Gasteiger partial charge in [0.05, 0.1) is 0 Å². The normalized spacial score (nSPS) is 12.4. The van der Waals surface area contributed by atoms with Crippen molar-refractivity contribution in [3.8, 4) is 0 Å². The molecule has 112 valence electrons. The molecule has 1 nitrogen and oxygen atoms in total. The molecule has 2 aromatic rings. The summed E-state index contributed by atoms with van der Waals surface area (Å²) in [5, 5.41) is 3.32. The first kappa shape index (κ1) is 15.9. The molecule has 1 unspecified atom stereocenters. The molecule has 0 aliphatic carbocycles. The van der Waals surface area contributed by atoms with E-state index in [9.17, 15) is 13.2 Å². The van der Waals surface area contributed by atoms with E-state index in [4.69, 9.17) is 11.6 Å². The van der Waals surface area contributed by atoms with Gasteiger partial charge in [0.25, 0.3) is 0 Å². The molecule has 21 heavy (non-hydrogen) atoms. The number of hydrogen-bond donors (Lipinski definition) is 1. The average Bonchev–Trinajstić information content (AvgIpc) is 2.43. The summed E-state index contributed by atoms with van der Waals surface area (Å²) in [6.07, 6.45) is 0.109. The molecule has 1 atom stereocenters. The minimum absolute atomic E-state index is 0.109. The number of benzene rings is 2. The molecule has 0 amide bonds. The predicted molar refractivity (Wildman–Crippen MR) is 77.9 cm³/mol. The summed E-state index contributed by atoms with van der Waals surface area (Å²) in [7, 11) is 0. The smallest absolute Gasteiger partial charge is 0.129 e. The second-order valence-corrected chi connectivity index (χ2v) is 5.09. The van der Waals surface area contributed by atoms with Crippen LogP contribution in [0.15, 0.2) is 36.4 Å². The van der Waals surface area contributed by atoms with Crippen LogP contribution in [0.2, 0.25) is 5.02 Å². The first-order valence-corrected chi connectivity index (χ1v) is 7.02. The Kier molecular flexibility index (Phi) is 5.26. The molecule has 0 aliphatic rings. The lowest BCUT2D eigenvalue weighted by Crippen LogP contribution is -2.24. The van der Waals surface area contributed by atoms with Gasteiger partial charge in [0.1, 0.15) is 17.5 Å². The van der Waals surface area contributed by atoms with E-state index >= 15 is 0 Å². The number of nitrogens with one attached hydrogen (secondary N) is 1. The first-order chi connectivity index (χ1) is 10.0. The summed E-state index contributed by atoms with van der Waals surface area (Å²) in [5.41, 5.74) is 0.449. The van der Waals surface area contributed by atoms with Crippen molar-refractivity contribution in [1.82, 2.24) is 5.32 Å². The Balaban J connectivity index is 2.38. The zero-order valence-electron chi connectivity index (χ0n) is 11.5. The molecule has 0 fully saturated rings. The van der Waals surface area contributed by atoms with Gasteiger partial charge in [-0.1, -0.05) is 24.6 Å². The highest BCUT2D eigenvalue weighted by Crippen LogP contribution is 2.29. The molecule has 2 aromatic carbocycles. The SMILES string of the molecule is CCNC(Cc1cc(F)ccc1F)c1c(F)cccc1Cl. The molecule has 0 bridgehead atoms. The van der Waals surface area contributed by atoms with Crippen molar-refractivity contribution < 1.29 is 13.2 Å². The standard InChI is InChI=1S/C16H15ClF3N/c1-2-21-15(16-12(17)4-3-5-14(16)20)9-10-8-11(18)6-7-13(10)19/h3-8,15,21H,2,9H2,1H3. The minimum Gasteiger partial charge on any atom is -0.310 e. The van der Waals surface area contributed by atoms with Crippen LogP contribution in [0.1, 0.15) is 24.1 Å². The van der Waals surface area contributed by atoms with E-state index in [-0.39, 0.29) is 22.6 Å². The van der Waals surface area contributed by atoms with Crippen molar-refractivity contribution >= 4 is 11.6 Å². The van der Waals surface area contributed by atoms with E-state index in [1.807, 2.05) is 6.92 Å². The van der Waals surface area contributed by atoms with E-state index in [0.717, 1.165) is 18.2 Å². The molecule has 1 N–H and O–H groups in total. The number of rotatable bonds is 5. The lowest BCUT2D eigenvalue weighted by molar-refractivity contribution is 0.495. The number of hydrogen-bond acceptors (Lipinski definition) is 1. The molecule has 0 spiro atoms. The van der Waals surface area contributed by atoms with E-state index in [1.165, 1.54) is 12.1 Å². The molecule has 0 saturated heterocycles. The molecule has 0 aliphatic heterocycles. The van der Waals surface area contributed by atoms with E-state index < -0.39 is 23.5 Å². The van der Waals surface area contributed by atoms with Crippen LogP contribution in [0.5, 0.6) is 0 Å². The monoisotopic (exact) mass is 313 g/mol. The fourth-order valence-electron chi connectivity index (χ4n) is 2.29. The van der Waals surface area contributed by atoms with Gasteiger partial charge in [0, 0.05) is 16.6 Å². The van der Waals surface area contributed by atoms with Gasteiger partial charge in [-0.15, -0.1) is 0 Å². The zero-order valence-corrected chi connectivity index (χ0v) is 12.2. The van der Waals surface area contributed by atoms with Crippen LogP contribution in [0.4, 0.5) is 13.2 Å². The van der Waals surface area contributed by atoms with Gasteiger partial charge in [-0.3, -0.25) is 0 Å². The van der Waals surface area contributed by atoms with E-state index in [2.05, 4.69) is 5.32 Å². The van der Waals surface area contributed by atoms with Crippen molar-refractivity contribution in [2.75, 3.05) is 6.54 Å². The molecular formula is C16H15ClF3N. The van der Waals surface area contributed by atoms with E-state index in [1.54, 1.807) is 6.07 Å². The Hall–Kier alpha value is -1.52. The maximum atomic E-state index is 14.0. The predicted octanol–water partition coefficient (Wildman–Crippen LogP) is 4.65. The largest absolute Gasteiger partial charge is 0.310 e. The Morgan fingerprint density at radius 2 is 1.86 bits per heavy atom. The third-order valence-electron chi connectivity index (χ3n) is 3.23. The van der Waals surface area contributed by atoms with Crippen LogP contribution >= 0.6 is 11.6 Å². The van der Waals surface area contributed by atoms with Gasteiger partial charge in [-0.25, -0.2) is 13.2 Å². The highest BCUT2D eigenvalue weighted by atomic mass is 35.5. The third kappa shape index (κ3) is 3.77. The quantitative estimate of drug-likeness (QED) is 0.847. The van der Waals surface area contributed by atoms with Crippen molar-refractivity contribution in [3.05, 3.63) is 70.0 Å². The van der Waals surface area contributed by atoms with Gasteiger partial charge in [0.2, 0.25) is 0 Å². The Bertz CT molecular complexity index is 611. The van der Waals surface area contributed by atoms with Gasteiger partial charge in [0.15, 0.2) is 0 Å². The Morgan fingerprint density at radius 1 is 1.10 bits per heavy atom. The van der Waals surface area contributed by atoms with E-state index in [0.29, 0.717) is 6.54 Å². The van der Waals surface area contributed by atoms with Crippen LogP contribution in [0.25, 0.3) is 0 Å². The summed E-state index contributed by atoms with van der Waals surface area (Å²) in [4.78, 5) is 0. The second kappa shape index (κ2) is 6.96. The van der Waals surface area contributed by atoms with Gasteiger partial charge in [-0.2, -0.15) is 0 Å². The lowest BCUT2D eigenvalue weighted by atomic mass is 9.97. The summed E-state index contributed by atoms with van der Waals surface area (Å²) < 4.78 is 41.0. The molecule has 0 saturated carbocycles. The molecule has 2 rings (SSSR count). The number of halogens is 4. The molecule has 0 radical (unpaired) electrons. The van der Waals surface area contributed by atoms with Crippen LogP contribution in [0.3, 0.4) is 0 Å². The molecule has 0 heterocycles. The summed E-state index contributed by atoms with van der Waals surface area (Å²) >= 11 is 6.05. The van der Waals surface area contributed by atoms with Crippen LogP contribution in [0, 0.1) is 17.5 Å². The van der Waals surface area contributed by atoms with Gasteiger partial charge < -0.3 is 5.32 Å².